The molecular formula is C16H14N2O5S. The van der Waals surface area contributed by atoms with E-state index in [1.165, 1.54) is 36.0 Å². The molecule has 0 spiro atoms. The smallest absolute Gasteiger partial charge is 0.338 e. The number of nitrogens with zero attached hydrogens (tertiary/aromatic N) is 1. The molecule has 0 saturated carbocycles. The van der Waals surface area contributed by atoms with Crippen LogP contribution >= 0.6 is 11.8 Å². The van der Waals surface area contributed by atoms with E-state index in [1.54, 1.807) is 12.1 Å². The van der Waals surface area contributed by atoms with E-state index >= 15 is 0 Å². The molecule has 0 saturated heterocycles. The van der Waals surface area contributed by atoms with Crippen molar-refractivity contribution in [1.82, 2.24) is 0 Å². The monoisotopic (exact) mass is 346 g/mol. The summed E-state index contributed by atoms with van der Waals surface area (Å²) in [6, 6.07) is 12.2. The van der Waals surface area contributed by atoms with Crippen LogP contribution in [0, 0.1) is 10.1 Å². The lowest BCUT2D eigenvalue weighted by atomic mass is 10.2. The van der Waals surface area contributed by atoms with E-state index in [1.807, 2.05) is 18.4 Å². The zero-order valence-corrected chi connectivity index (χ0v) is 13.5. The fraction of sp³-hybridized carbons (Fsp3) is 0.125. The number of benzene rings is 2. The number of non-ortho nitro benzene ring substituents is 1. The van der Waals surface area contributed by atoms with Gasteiger partial charge in [0, 0.05) is 17.0 Å². The first-order valence-corrected chi connectivity index (χ1v) is 8.08. The van der Waals surface area contributed by atoms with E-state index in [9.17, 15) is 19.7 Å². The highest BCUT2D eigenvalue weighted by molar-refractivity contribution is 7.98. The molecule has 24 heavy (non-hydrogen) atoms. The Balaban J connectivity index is 1.91. The normalized spacial score (nSPS) is 10.0. The largest absolute Gasteiger partial charge is 0.452 e. The lowest BCUT2D eigenvalue weighted by Gasteiger charge is -2.09. The van der Waals surface area contributed by atoms with Gasteiger partial charge in [-0.05, 0) is 30.5 Å². The zero-order valence-electron chi connectivity index (χ0n) is 12.7. The van der Waals surface area contributed by atoms with Gasteiger partial charge in [0.1, 0.15) is 0 Å². The minimum atomic E-state index is -0.724. The van der Waals surface area contributed by atoms with Crippen molar-refractivity contribution in [3.05, 3.63) is 64.2 Å². The SMILES string of the molecule is CSc1ccccc1NC(=O)COC(=O)c1ccc([N+](=O)[O-])cc1. The minimum Gasteiger partial charge on any atom is -0.452 e. The van der Waals surface area contributed by atoms with Crippen molar-refractivity contribution in [1.29, 1.82) is 0 Å². The molecule has 2 aromatic rings. The Kier molecular flexibility index (Phi) is 5.91. The number of anilines is 1. The van der Waals surface area contributed by atoms with Gasteiger partial charge >= 0.3 is 5.97 Å². The highest BCUT2D eigenvalue weighted by Gasteiger charge is 2.13. The first-order chi connectivity index (χ1) is 11.5. The molecule has 0 bridgehead atoms. The van der Waals surface area contributed by atoms with E-state index in [4.69, 9.17) is 4.74 Å². The summed E-state index contributed by atoms with van der Waals surface area (Å²) >= 11 is 1.48. The third-order valence-electron chi connectivity index (χ3n) is 3.03. The van der Waals surface area contributed by atoms with E-state index in [2.05, 4.69) is 5.32 Å². The van der Waals surface area contributed by atoms with Gasteiger partial charge in [-0.3, -0.25) is 14.9 Å². The third-order valence-corrected chi connectivity index (χ3v) is 3.83. The van der Waals surface area contributed by atoms with Gasteiger partial charge in [-0.15, -0.1) is 11.8 Å². The lowest BCUT2D eigenvalue weighted by Crippen LogP contribution is -2.21. The molecule has 0 heterocycles. The van der Waals surface area contributed by atoms with Crippen LogP contribution in [0.4, 0.5) is 11.4 Å². The van der Waals surface area contributed by atoms with Gasteiger partial charge in [0.2, 0.25) is 0 Å². The number of para-hydroxylation sites is 1. The van der Waals surface area contributed by atoms with Crippen molar-refractivity contribution < 1.29 is 19.2 Å². The molecule has 0 atom stereocenters. The average Bonchev–Trinajstić information content (AvgIpc) is 2.60. The van der Waals surface area contributed by atoms with Crippen molar-refractivity contribution >= 4 is 35.0 Å². The Hall–Kier alpha value is -2.87. The molecule has 0 aliphatic carbocycles. The molecule has 8 heteroatoms. The second-order valence-electron chi connectivity index (χ2n) is 4.63. The summed E-state index contributed by atoms with van der Waals surface area (Å²) in [6.45, 7) is -0.446. The summed E-state index contributed by atoms with van der Waals surface area (Å²) in [4.78, 5) is 34.6. The molecular weight excluding hydrogens is 332 g/mol. The Morgan fingerprint density at radius 3 is 2.46 bits per heavy atom. The van der Waals surface area contributed by atoms with Crippen LogP contribution in [0.1, 0.15) is 10.4 Å². The number of hydrogen-bond acceptors (Lipinski definition) is 6. The summed E-state index contributed by atoms with van der Waals surface area (Å²) in [6.07, 6.45) is 1.89. The second kappa shape index (κ2) is 8.11. The molecule has 0 aromatic heterocycles. The summed E-state index contributed by atoms with van der Waals surface area (Å²) in [7, 11) is 0. The van der Waals surface area contributed by atoms with Gasteiger partial charge < -0.3 is 10.1 Å². The Morgan fingerprint density at radius 1 is 1.17 bits per heavy atom. The van der Waals surface area contributed by atoms with Gasteiger partial charge in [-0.25, -0.2) is 4.79 Å². The number of thioether (sulfide) groups is 1. The zero-order chi connectivity index (χ0) is 17.5. The van der Waals surface area contributed by atoms with Crippen LogP contribution in [0.15, 0.2) is 53.4 Å². The van der Waals surface area contributed by atoms with E-state index in [0.717, 1.165) is 4.90 Å². The van der Waals surface area contributed by atoms with Gasteiger partial charge in [0.25, 0.3) is 11.6 Å². The van der Waals surface area contributed by atoms with Crippen LogP contribution in [0.2, 0.25) is 0 Å². The van der Waals surface area contributed by atoms with Crippen molar-refractivity contribution in [2.24, 2.45) is 0 Å². The van der Waals surface area contributed by atoms with Gasteiger partial charge in [-0.2, -0.15) is 0 Å². The molecule has 0 aliphatic rings. The molecule has 1 N–H and O–H groups in total. The second-order valence-corrected chi connectivity index (χ2v) is 5.48. The molecule has 0 unspecified atom stereocenters. The maximum absolute atomic E-state index is 11.9. The van der Waals surface area contributed by atoms with E-state index in [-0.39, 0.29) is 11.3 Å². The highest BCUT2D eigenvalue weighted by Crippen LogP contribution is 2.24. The third kappa shape index (κ3) is 4.56. The standard InChI is InChI=1S/C16H14N2O5S/c1-24-14-5-3-2-4-13(14)17-15(19)10-23-16(20)11-6-8-12(9-7-11)18(21)22/h2-9H,10H2,1H3,(H,17,19). The first kappa shape index (κ1) is 17.5. The number of ether oxygens (including phenoxy) is 1. The predicted molar refractivity (Wildman–Crippen MR) is 90.2 cm³/mol. The number of amides is 1. The van der Waals surface area contributed by atoms with Crippen LogP contribution in [-0.4, -0.2) is 29.7 Å². The fourth-order valence-electron chi connectivity index (χ4n) is 1.87. The van der Waals surface area contributed by atoms with Crippen LogP contribution in [-0.2, 0) is 9.53 Å². The molecule has 2 rings (SSSR count). The number of nitro groups is 1. The van der Waals surface area contributed by atoms with Gasteiger partial charge in [0.15, 0.2) is 6.61 Å². The summed E-state index contributed by atoms with van der Waals surface area (Å²) in [5, 5.41) is 13.2. The highest BCUT2D eigenvalue weighted by atomic mass is 32.2. The summed E-state index contributed by atoms with van der Waals surface area (Å²) < 4.78 is 4.91. The molecule has 124 valence electrons. The van der Waals surface area contributed by atoms with E-state index < -0.39 is 23.4 Å². The summed E-state index contributed by atoms with van der Waals surface area (Å²) in [5.74, 6) is -1.19. The molecule has 0 aliphatic heterocycles. The number of carbonyl (C=O) groups excluding carboxylic acids is 2. The Bertz CT molecular complexity index is 761. The average molecular weight is 346 g/mol. The van der Waals surface area contributed by atoms with Crippen molar-refractivity contribution in [3.8, 4) is 0 Å². The number of nitrogens with one attached hydrogen (secondary N) is 1. The molecule has 7 nitrogen and oxygen atoms in total. The van der Waals surface area contributed by atoms with Crippen LogP contribution in [0.5, 0.6) is 0 Å². The number of esters is 1. The first-order valence-electron chi connectivity index (χ1n) is 6.85. The Morgan fingerprint density at radius 2 is 1.83 bits per heavy atom. The number of nitro benzene ring substituents is 1. The van der Waals surface area contributed by atoms with Crippen LogP contribution < -0.4 is 5.32 Å². The van der Waals surface area contributed by atoms with Crippen molar-refractivity contribution in [2.75, 3.05) is 18.2 Å². The lowest BCUT2D eigenvalue weighted by molar-refractivity contribution is -0.384. The molecule has 0 radical (unpaired) electrons. The topological polar surface area (TPSA) is 98.5 Å². The molecule has 0 fully saturated rings. The number of hydrogen-bond donors (Lipinski definition) is 1. The molecule has 1 amide bonds. The quantitative estimate of drug-likeness (QED) is 0.373. The minimum absolute atomic E-state index is 0.127. The fourth-order valence-corrected chi connectivity index (χ4v) is 2.42. The summed E-state index contributed by atoms with van der Waals surface area (Å²) in [5.41, 5.74) is 0.650. The van der Waals surface area contributed by atoms with Crippen LogP contribution in [0.3, 0.4) is 0 Å². The predicted octanol–water partition coefficient (Wildman–Crippen LogP) is 3.11. The van der Waals surface area contributed by atoms with Crippen molar-refractivity contribution in [3.63, 3.8) is 0 Å². The number of carbonyl (C=O) groups is 2. The maximum atomic E-state index is 11.9. The Labute approximate surface area is 142 Å². The molecule has 2 aromatic carbocycles. The van der Waals surface area contributed by atoms with Crippen molar-refractivity contribution in [2.45, 2.75) is 4.90 Å². The maximum Gasteiger partial charge on any atom is 0.338 e. The van der Waals surface area contributed by atoms with E-state index in [0.29, 0.717) is 5.69 Å². The number of rotatable bonds is 6. The van der Waals surface area contributed by atoms with Crippen LogP contribution in [0.25, 0.3) is 0 Å². The van der Waals surface area contributed by atoms with Gasteiger partial charge in [0.05, 0.1) is 16.2 Å². The van der Waals surface area contributed by atoms with Gasteiger partial charge in [-0.1, -0.05) is 12.1 Å².